The molecule has 2 nitrogen and oxygen atoms in total. The number of hydrogen-bond acceptors (Lipinski definition) is 2. The lowest BCUT2D eigenvalue weighted by atomic mass is 10.2. The van der Waals surface area contributed by atoms with Crippen molar-refractivity contribution in [2.45, 2.75) is 19.9 Å². The molecular weight excluding hydrogens is 277 g/mol. The van der Waals surface area contributed by atoms with Crippen LogP contribution in [0.15, 0.2) is 42.5 Å². The van der Waals surface area contributed by atoms with Crippen LogP contribution in [-0.4, -0.2) is 6.61 Å². The second-order valence-electron chi connectivity index (χ2n) is 4.47. The Bertz CT molecular complexity index is 557. The average molecular weight is 294 g/mol. The summed E-state index contributed by atoms with van der Waals surface area (Å²) >= 11 is 5.65. The Morgan fingerprint density at radius 1 is 1.15 bits per heavy atom. The number of ether oxygens (including phenoxy) is 1. The van der Waals surface area contributed by atoms with Gasteiger partial charge in [-0.2, -0.15) is 0 Å². The second kappa shape index (κ2) is 7.15. The van der Waals surface area contributed by atoms with E-state index in [0.717, 1.165) is 30.0 Å². The van der Waals surface area contributed by atoms with Crippen molar-refractivity contribution in [3.63, 3.8) is 0 Å². The van der Waals surface area contributed by atoms with E-state index in [4.69, 9.17) is 16.3 Å². The number of benzene rings is 2. The molecule has 0 radical (unpaired) electrons. The van der Waals surface area contributed by atoms with Gasteiger partial charge in [-0.25, -0.2) is 4.39 Å². The van der Waals surface area contributed by atoms with Gasteiger partial charge in [0.1, 0.15) is 11.6 Å². The molecule has 0 bridgehead atoms. The predicted molar refractivity (Wildman–Crippen MR) is 81.0 cm³/mol. The van der Waals surface area contributed by atoms with Crippen molar-refractivity contribution < 1.29 is 9.13 Å². The van der Waals surface area contributed by atoms with E-state index < -0.39 is 5.82 Å². The molecule has 0 spiro atoms. The third-order valence-electron chi connectivity index (χ3n) is 2.81. The number of nitrogens with one attached hydrogen (secondary N) is 1. The third-order valence-corrected chi connectivity index (χ3v) is 3.11. The van der Waals surface area contributed by atoms with E-state index in [0.29, 0.717) is 6.54 Å². The molecule has 0 aliphatic carbocycles. The molecule has 0 aliphatic heterocycles. The SMILES string of the molecule is CCCOc1ccc(NCc2ccc(Cl)c(F)c2)cc1. The fraction of sp³-hybridized carbons (Fsp3) is 0.250. The Labute approximate surface area is 123 Å². The summed E-state index contributed by atoms with van der Waals surface area (Å²) in [5, 5.41) is 3.37. The van der Waals surface area contributed by atoms with Crippen LogP contribution in [0.3, 0.4) is 0 Å². The standard InChI is InChI=1S/C16H17ClFNO/c1-2-9-20-14-6-4-13(5-7-14)19-11-12-3-8-15(17)16(18)10-12/h3-8,10,19H,2,9,11H2,1H3. The van der Waals surface area contributed by atoms with E-state index in [1.807, 2.05) is 24.3 Å². The zero-order valence-corrected chi connectivity index (χ0v) is 12.1. The number of halogens is 2. The summed E-state index contributed by atoms with van der Waals surface area (Å²) in [6.07, 6.45) is 0.988. The smallest absolute Gasteiger partial charge is 0.142 e. The first-order chi connectivity index (χ1) is 9.69. The molecule has 0 saturated heterocycles. The van der Waals surface area contributed by atoms with Crippen molar-refractivity contribution in [3.8, 4) is 5.75 Å². The van der Waals surface area contributed by atoms with E-state index in [9.17, 15) is 4.39 Å². The Morgan fingerprint density at radius 3 is 2.55 bits per heavy atom. The highest BCUT2D eigenvalue weighted by Gasteiger charge is 2.01. The van der Waals surface area contributed by atoms with Crippen molar-refractivity contribution in [3.05, 3.63) is 58.9 Å². The maximum absolute atomic E-state index is 13.3. The molecule has 0 aliphatic rings. The Balaban J connectivity index is 1.91. The predicted octanol–water partition coefficient (Wildman–Crippen LogP) is 4.88. The van der Waals surface area contributed by atoms with Crippen LogP contribution in [0.25, 0.3) is 0 Å². The summed E-state index contributed by atoms with van der Waals surface area (Å²) in [5.74, 6) is 0.462. The van der Waals surface area contributed by atoms with Gasteiger partial charge in [-0.05, 0) is 48.4 Å². The van der Waals surface area contributed by atoms with E-state index in [2.05, 4.69) is 12.2 Å². The molecule has 0 unspecified atom stereocenters. The fourth-order valence-electron chi connectivity index (χ4n) is 1.74. The summed E-state index contributed by atoms with van der Waals surface area (Å²) in [4.78, 5) is 0. The largest absolute Gasteiger partial charge is 0.494 e. The minimum Gasteiger partial charge on any atom is -0.494 e. The first-order valence-electron chi connectivity index (χ1n) is 6.59. The lowest BCUT2D eigenvalue weighted by Crippen LogP contribution is -2.00. The molecule has 2 aromatic carbocycles. The monoisotopic (exact) mass is 293 g/mol. The second-order valence-corrected chi connectivity index (χ2v) is 4.88. The molecule has 0 fully saturated rings. The summed E-state index contributed by atoms with van der Waals surface area (Å²) in [6.45, 7) is 3.33. The highest BCUT2D eigenvalue weighted by Crippen LogP contribution is 2.18. The molecule has 0 heterocycles. The van der Waals surface area contributed by atoms with Gasteiger partial charge in [-0.15, -0.1) is 0 Å². The van der Waals surface area contributed by atoms with Crippen LogP contribution in [0.5, 0.6) is 5.75 Å². The van der Waals surface area contributed by atoms with Gasteiger partial charge in [0.05, 0.1) is 11.6 Å². The number of anilines is 1. The van der Waals surface area contributed by atoms with E-state index in [-0.39, 0.29) is 5.02 Å². The fourth-order valence-corrected chi connectivity index (χ4v) is 1.86. The van der Waals surface area contributed by atoms with Crippen molar-refractivity contribution in [2.24, 2.45) is 0 Å². The van der Waals surface area contributed by atoms with Crippen LogP contribution in [0.1, 0.15) is 18.9 Å². The zero-order valence-electron chi connectivity index (χ0n) is 11.3. The van der Waals surface area contributed by atoms with Crippen LogP contribution in [0.4, 0.5) is 10.1 Å². The van der Waals surface area contributed by atoms with Crippen molar-refractivity contribution >= 4 is 17.3 Å². The van der Waals surface area contributed by atoms with Gasteiger partial charge >= 0.3 is 0 Å². The quantitative estimate of drug-likeness (QED) is 0.819. The zero-order chi connectivity index (χ0) is 14.4. The summed E-state index contributed by atoms with van der Waals surface area (Å²) in [5.41, 5.74) is 1.81. The number of rotatable bonds is 6. The first kappa shape index (κ1) is 14.7. The molecule has 0 aromatic heterocycles. The van der Waals surface area contributed by atoms with Crippen LogP contribution in [-0.2, 0) is 6.54 Å². The van der Waals surface area contributed by atoms with Crippen LogP contribution in [0.2, 0.25) is 5.02 Å². The molecule has 0 saturated carbocycles. The van der Waals surface area contributed by atoms with Gasteiger partial charge in [0.15, 0.2) is 0 Å². The van der Waals surface area contributed by atoms with E-state index >= 15 is 0 Å². The van der Waals surface area contributed by atoms with Gasteiger partial charge in [0, 0.05) is 12.2 Å². The van der Waals surface area contributed by atoms with Crippen LogP contribution < -0.4 is 10.1 Å². The highest BCUT2D eigenvalue weighted by molar-refractivity contribution is 6.30. The Morgan fingerprint density at radius 2 is 1.90 bits per heavy atom. The van der Waals surface area contributed by atoms with Crippen molar-refractivity contribution in [1.29, 1.82) is 0 Å². The highest BCUT2D eigenvalue weighted by atomic mass is 35.5. The molecule has 4 heteroatoms. The van der Waals surface area contributed by atoms with Crippen LogP contribution >= 0.6 is 11.6 Å². The summed E-state index contributed by atoms with van der Waals surface area (Å²) in [7, 11) is 0. The maximum atomic E-state index is 13.3. The van der Waals surface area contributed by atoms with Gasteiger partial charge in [0.2, 0.25) is 0 Å². The van der Waals surface area contributed by atoms with Crippen molar-refractivity contribution in [2.75, 3.05) is 11.9 Å². The van der Waals surface area contributed by atoms with Crippen molar-refractivity contribution in [1.82, 2.24) is 0 Å². The van der Waals surface area contributed by atoms with E-state index in [1.165, 1.54) is 6.07 Å². The molecular formula is C16H17ClFNO. The molecule has 0 atom stereocenters. The third kappa shape index (κ3) is 4.14. The first-order valence-corrected chi connectivity index (χ1v) is 6.97. The summed E-state index contributed by atoms with van der Waals surface area (Å²) in [6, 6.07) is 12.5. The molecule has 0 amide bonds. The topological polar surface area (TPSA) is 21.3 Å². The lowest BCUT2D eigenvalue weighted by molar-refractivity contribution is 0.317. The molecule has 2 rings (SSSR count). The van der Waals surface area contributed by atoms with Crippen LogP contribution in [0, 0.1) is 5.82 Å². The van der Waals surface area contributed by atoms with Gasteiger partial charge in [-0.3, -0.25) is 0 Å². The molecule has 1 N–H and O–H groups in total. The normalized spacial score (nSPS) is 10.3. The summed E-state index contributed by atoms with van der Waals surface area (Å²) < 4.78 is 18.8. The molecule has 106 valence electrons. The molecule has 20 heavy (non-hydrogen) atoms. The Kier molecular flexibility index (Phi) is 5.24. The maximum Gasteiger partial charge on any atom is 0.142 e. The Hall–Kier alpha value is -1.74. The van der Waals surface area contributed by atoms with Gasteiger partial charge < -0.3 is 10.1 Å². The van der Waals surface area contributed by atoms with Gasteiger partial charge in [-0.1, -0.05) is 24.6 Å². The van der Waals surface area contributed by atoms with Gasteiger partial charge in [0.25, 0.3) is 0 Å². The average Bonchev–Trinajstić information content (AvgIpc) is 2.47. The lowest BCUT2D eigenvalue weighted by Gasteiger charge is -2.09. The van der Waals surface area contributed by atoms with E-state index in [1.54, 1.807) is 12.1 Å². The molecule has 2 aromatic rings. The number of hydrogen-bond donors (Lipinski definition) is 1. The minimum atomic E-state index is -0.394. The minimum absolute atomic E-state index is 0.145.